The van der Waals surface area contributed by atoms with Gasteiger partial charge in [0, 0.05) is 23.1 Å². The van der Waals surface area contributed by atoms with E-state index in [9.17, 15) is 4.79 Å². The maximum Gasteiger partial charge on any atom is 0.336 e. The molecule has 2 aromatic carbocycles. The summed E-state index contributed by atoms with van der Waals surface area (Å²) in [5.41, 5.74) is 0.944. The van der Waals surface area contributed by atoms with Gasteiger partial charge in [-0.05, 0) is 18.2 Å². The first kappa shape index (κ1) is 14.2. The molecule has 0 unspecified atom stereocenters. The van der Waals surface area contributed by atoms with Gasteiger partial charge < -0.3 is 13.7 Å². The molecule has 4 aromatic rings. The van der Waals surface area contributed by atoms with Crippen LogP contribution in [-0.2, 0) is 6.61 Å². The van der Waals surface area contributed by atoms with Crippen LogP contribution in [-0.4, -0.2) is 10.1 Å². The standard InChI is InChI=1S/C18H12N2O4/c21-17-9-7-12-6-8-14(10-15(12)23-17)22-11-16-19-18(20-24-16)13-4-2-1-3-5-13/h1-10H,11H2. The molecule has 0 atom stereocenters. The predicted octanol–water partition coefficient (Wildman–Crippen LogP) is 3.42. The Labute approximate surface area is 136 Å². The van der Waals surface area contributed by atoms with Crippen LogP contribution in [0.1, 0.15) is 5.89 Å². The van der Waals surface area contributed by atoms with Crippen molar-refractivity contribution in [2.75, 3.05) is 0 Å². The highest BCUT2D eigenvalue weighted by Gasteiger charge is 2.09. The molecular weight excluding hydrogens is 308 g/mol. The molecule has 4 rings (SSSR count). The van der Waals surface area contributed by atoms with Gasteiger partial charge in [0.25, 0.3) is 5.89 Å². The van der Waals surface area contributed by atoms with E-state index in [1.54, 1.807) is 18.2 Å². The molecule has 0 saturated heterocycles. The fraction of sp³-hybridized carbons (Fsp3) is 0.0556. The number of nitrogens with zero attached hydrogens (tertiary/aromatic N) is 2. The van der Waals surface area contributed by atoms with Crippen LogP contribution in [0, 0.1) is 0 Å². The van der Waals surface area contributed by atoms with Gasteiger partial charge in [-0.1, -0.05) is 35.5 Å². The summed E-state index contributed by atoms with van der Waals surface area (Å²) in [5, 5.41) is 4.76. The zero-order chi connectivity index (χ0) is 16.4. The van der Waals surface area contributed by atoms with Crippen molar-refractivity contribution in [1.29, 1.82) is 0 Å². The SMILES string of the molecule is O=c1ccc2ccc(OCc3nc(-c4ccccc4)no3)cc2o1. The summed E-state index contributed by atoms with van der Waals surface area (Å²) in [5.74, 6) is 1.43. The molecule has 2 heterocycles. The highest BCUT2D eigenvalue weighted by molar-refractivity contribution is 5.77. The molecular formula is C18H12N2O4. The minimum Gasteiger partial charge on any atom is -0.484 e. The van der Waals surface area contributed by atoms with Gasteiger partial charge in [0.15, 0.2) is 6.61 Å². The fourth-order valence-corrected chi connectivity index (χ4v) is 2.29. The third-order valence-corrected chi connectivity index (χ3v) is 3.46. The zero-order valence-electron chi connectivity index (χ0n) is 12.5. The summed E-state index contributed by atoms with van der Waals surface area (Å²) < 4.78 is 15.9. The van der Waals surface area contributed by atoms with Gasteiger partial charge in [0.05, 0.1) is 0 Å². The van der Waals surface area contributed by atoms with Gasteiger partial charge in [0.2, 0.25) is 5.82 Å². The van der Waals surface area contributed by atoms with Crippen molar-refractivity contribution in [2.45, 2.75) is 6.61 Å². The van der Waals surface area contributed by atoms with Crippen LogP contribution < -0.4 is 10.4 Å². The molecule has 6 heteroatoms. The van der Waals surface area contributed by atoms with Crippen molar-refractivity contribution in [3.8, 4) is 17.1 Å². The Hall–Kier alpha value is -3.41. The lowest BCUT2D eigenvalue weighted by Gasteiger charge is -2.03. The Morgan fingerprint density at radius 1 is 1.00 bits per heavy atom. The lowest BCUT2D eigenvalue weighted by atomic mass is 10.2. The third-order valence-electron chi connectivity index (χ3n) is 3.46. The van der Waals surface area contributed by atoms with Gasteiger partial charge in [-0.25, -0.2) is 4.79 Å². The van der Waals surface area contributed by atoms with E-state index >= 15 is 0 Å². The largest absolute Gasteiger partial charge is 0.484 e. The second-order valence-corrected chi connectivity index (χ2v) is 5.12. The number of ether oxygens (including phenoxy) is 1. The smallest absolute Gasteiger partial charge is 0.336 e. The molecule has 118 valence electrons. The van der Waals surface area contributed by atoms with Crippen LogP contribution in [0.15, 0.2) is 74.4 Å². The minimum atomic E-state index is -0.399. The summed E-state index contributed by atoms with van der Waals surface area (Å²) in [6, 6.07) is 17.9. The molecule has 0 fully saturated rings. The first-order valence-electron chi connectivity index (χ1n) is 7.33. The molecule has 6 nitrogen and oxygen atoms in total. The molecule has 2 aromatic heterocycles. The van der Waals surface area contributed by atoms with E-state index in [-0.39, 0.29) is 6.61 Å². The molecule has 0 N–H and O–H groups in total. The topological polar surface area (TPSA) is 78.4 Å². The van der Waals surface area contributed by atoms with Crippen molar-refractivity contribution in [2.24, 2.45) is 0 Å². The zero-order valence-corrected chi connectivity index (χ0v) is 12.5. The van der Waals surface area contributed by atoms with Crippen molar-refractivity contribution in [3.63, 3.8) is 0 Å². The minimum absolute atomic E-state index is 0.127. The second-order valence-electron chi connectivity index (χ2n) is 5.12. The van der Waals surface area contributed by atoms with Crippen molar-refractivity contribution >= 4 is 11.0 Å². The quantitative estimate of drug-likeness (QED) is 0.536. The van der Waals surface area contributed by atoms with Crippen LogP contribution >= 0.6 is 0 Å². The number of hydrogen-bond acceptors (Lipinski definition) is 6. The van der Waals surface area contributed by atoms with Crippen LogP contribution in [0.5, 0.6) is 5.75 Å². The molecule has 0 radical (unpaired) electrons. The van der Waals surface area contributed by atoms with E-state index in [0.29, 0.717) is 23.0 Å². The molecule has 0 aliphatic heterocycles. The van der Waals surface area contributed by atoms with Crippen molar-refractivity contribution < 1.29 is 13.7 Å². The average molecular weight is 320 g/mol. The number of benzene rings is 2. The molecule has 0 amide bonds. The highest BCUT2D eigenvalue weighted by Crippen LogP contribution is 2.21. The maximum atomic E-state index is 11.3. The van der Waals surface area contributed by atoms with Gasteiger partial charge in [-0.3, -0.25) is 0 Å². The van der Waals surface area contributed by atoms with Gasteiger partial charge in [0.1, 0.15) is 11.3 Å². The number of rotatable bonds is 4. The number of fused-ring (bicyclic) bond motifs is 1. The normalized spacial score (nSPS) is 10.8. The molecule has 0 bridgehead atoms. The second kappa shape index (κ2) is 6.00. The van der Waals surface area contributed by atoms with Gasteiger partial charge in [-0.15, -0.1) is 0 Å². The average Bonchev–Trinajstić information content (AvgIpc) is 3.09. The molecule has 0 aliphatic carbocycles. The molecule has 24 heavy (non-hydrogen) atoms. The van der Waals surface area contributed by atoms with Crippen LogP contribution in [0.4, 0.5) is 0 Å². The first-order valence-corrected chi connectivity index (χ1v) is 7.33. The summed E-state index contributed by atoms with van der Waals surface area (Å²) in [6.07, 6.45) is 0. The van der Waals surface area contributed by atoms with Gasteiger partial charge in [-0.2, -0.15) is 4.98 Å². The molecule has 0 saturated carbocycles. The van der Waals surface area contributed by atoms with Crippen molar-refractivity contribution in [1.82, 2.24) is 10.1 Å². The Morgan fingerprint density at radius 2 is 1.83 bits per heavy atom. The summed E-state index contributed by atoms with van der Waals surface area (Å²) in [7, 11) is 0. The van der Waals surface area contributed by atoms with E-state index in [4.69, 9.17) is 13.7 Å². The van der Waals surface area contributed by atoms with E-state index in [0.717, 1.165) is 10.9 Å². The Kier molecular flexibility index (Phi) is 3.55. The summed E-state index contributed by atoms with van der Waals surface area (Å²) in [6.45, 7) is 0.127. The predicted molar refractivity (Wildman–Crippen MR) is 86.6 cm³/mol. The van der Waals surface area contributed by atoms with E-state index < -0.39 is 5.63 Å². The first-order chi connectivity index (χ1) is 11.8. The summed E-state index contributed by atoms with van der Waals surface area (Å²) in [4.78, 5) is 15.6. The lowest BCUT2D eigenvalue weighted by Crippen LogP contribution is -1.97. The highest BCUT2D eigenvalue weighted by atomic mass is 16.5. The van der Waals surface area contributed by atoms with Crippen LogP contribution in [0.3, 0.4) is 0 Å². The Morgan fingerprint density at radius 3 is 2.71 bits per heavy atom. The van der Waals surface area contributed by atoms with Crippen LogP contribution in [0.2, 0.25) is 0 Å². The Balaban J connectivity index is 1.51. The third kappa shape index (κ3) is 2.89. The van der Waals surface area contributed by atoms with Crippen molar-refractivity contribution in [3.05, 3.63) is 77.0 Å². The van der Waals surface area contributed by atoms with E-state index in [2.05, 4.69) is 10.1 Å². The number of hydrogen-bond donors (Lipinski definition) is 0. The van der Waals surface area contributed by atoms with Gasteiger partial charge >= 0.3 is 5.63 Å². The molecule has 0 aliphatic rings. The van der Waals surface area contributed by atoms with E-state index in [1.807, 2.05) is 36.4 Å². The number of aromatic nitrogens is 2. The fourth-order valence-electron chi connectivity index (χ4n) is 2.29. The lowest BCUT2D eigenvalue weighted by molar-refractivity contribution is 0.243. The van der Waals surface area contributed by atoms with Crippen LogP contribution in [0.25, 0.3) is 22.4 Å². The molecule has 0 spiro atoms. The Bertz CT molecular complexity index is 1040. The maximum absolute atomic E-state index is 11.3. The van der Waals surface area contributed by atoms with E-state index in [1.165, 1.54) is 6.07 Å². The summed E-state index contributed by atoms with van der Waals surface area (Å²) >= 11 is 0. The monoisotopic (exact) mass is 320 g/mol.